The minimum absolute atomic E-state index is 0.0152. The molecule has 0 fully saturated rings. The third-order valence-electron chi connectivity index (χ3n) is 1.72. The predicted molar refractivity (Wildman–Crippen MR) is 60.3 cm³/mol. The summed E-state index contributed by atoms with van der Waals surface area (Å²) in [6, 6.07) is 0. The van der Waals surface area contributed by atoms with Gasteiger partial charge in [0.05, 0.1) is 6.54 Å². The van der Waals surface area contributed by atoms with Crippen LogP contribution in [0.4, 0.5) is 0 Å². The van der Waals surface area contributed by atoms with Crippen LogP contribution in [0.15, 0.2) is 11.6 Å². The Kier molecular flexibility index (Phi) is 5.05. The summed E-state index contributed by atoms with van der Waals surface area (Å²) in [7, 11) is 0. The molecule has 0 aliphatic carbocycles. The fourth-order valence-electron chi connectivity index (χ4n) is 0.894. The highest BCUT2D eigenvalue weighted by molar-refractivity contribution is 5.95. The zero-order chi connectivity index (χ0) is 12.1. The number of hydrogen-bond donors (Lipinski definition) is 2. The van der Waals surface area contributed by atoms with Crippen LogP contribution in [0.2, 0.25) is 0 Å². The van der Waals surface area contributed by atoms with Crippen LogP contribution in [-0.2, 0) is 9.59 Å². The van der Waals surface area contributed by atoms with Gasteiger partial charge in [-0.05, 0) is 34.6 Å². The fraction of sp³-hybridized carbons (Fsp3) is 0.636. The first-order chi connectivity index (χ1) is 6.76. The first kappa shape index (κ1) is 13.7. The van der Waals surface area contributed by atoms with E-state index < -0.39 is 0 Å². The monoisotopic (exact) mass is 212 g/mol. The summed E-state index contributed by atoms with van der Waals surface area (Å²) < 4.78 is 0. The van der Waals surface area contributed by atoms with E-state index in [0.29, 0.717) is 5.57 Å². The average molecular weight is 212 g/mol. The summed E-state index contributed by atoms with van der Waals surface area (Å²) in [6.07, 6.45) is 1.71. The van der Waals surface area contributed by atoms with E-state index in [1.807, 2.05) is 20.8 Å². The van der Waals surface area contributed by atoms with E-state index >= 15 is 0 Å². The van der Waals surface area contributed by atoms with Crippen LogP contribution in [0.3, 0.4) is 0 Å². The van der Waals surface area contributed by atoms with Gasteiger partial charge in [0.25, 0.3) is 0 Å². The quantitative estimate of drug-likeness (QED) is 0.685. The van der Waals surface area contributed by atoms with Crippen molar-refractivity contribution >= 4 is 11.8 Å². The van der Waals surface area contributed by atoms with Gasteiger partial charge in [-0.15, -0.1) is 0 Å². The van der Waals surface area contributed by atoms with Gasteiger partial charge in [0.1, 0.15) is 0 Å². The van der Waals surface area contributed by atoms with Gasteiger partial charge in [-0.25, -0.2) is 0 Å². The predicted octanol–water partition coefficient (Wildman–Crippen LogP) is 0.983. The molecular formula is C11H20N2O2. The normalized spacial score (nSPS) is 12.2. The molecule has 0 heterocycles. The average Bonchev–Trinajstić information content (AvgIpc) is 2.10. The molecule has 15 heavy (non-hydrogen) atoms. The Morgan fingerprint density at radius 3 is 2.20 bits per heavy atom. The maximum atomic E-state index is 11.3. The van der Waals surface area contributed by atoms with Crippen LogP contribution in [0.25, 0.3) is 0 Å². The molecular weight excluding hydrogens is 192 g/mol. The standard InChI is InChI=1S/C11H20N2O2/c1-6-8(2)10(15)12-7-9(14)13-11(3,4)5/h6H,7H2,1-5H3,(H,12,15)(H,13,14)/b8-6+. The SMILES string of the molecule is C/C=C(\C)C(=O)NCC(=O)NC(C)(C)C. The topological polar surface area (TPSA) is 58.2 Å². The van der Waals surface area contributed by atoms with Crippen molar-refractivity contribution < 1.29 is 9.59 Å². The maximum Gasteiger partial charge on any atom is 0.247 e. The van der Waals surface area contributed by atoms with Gasteiger partial charge in [0.2, 0.25) is 11.8 Å². The summed E-state index contributed by atoms with van der Waals surface area (Å²) in [5.74, 6) is -0.388. The summed E-state index contributed by atoms with van der Waals surface area (Å²) in [5.41, 5.74) is 0.343. The second-order valence-corrected chi connectivity index (χ2v) is 4.45. The Morgan fingerprint density at radius 1 is 1.27 bits per heavy atom. The van der Waals surface area contributed by atoms with Crippen LogP contribution in [-0.4, -0.2) is 23.9 Å². The molecule has 86 valence electrons. The van der Waals surface area contributed by atoms with Crippen molar-refractivity contribution in [1.82, 2.24) is 10.6 Å². The number of carbonyl (C=O) groups excluding carboxylic acids is 2. The molecule has 4 heteroatoms. The molecule has 0 saturated carbocycles. The Labute approximate surface area is 91.1 Å². The molecule has 4 nitrogen and oxygen atoms in total. The number of allylic oxidation sites excluding steroid dienone is 1. The van der Waals surface area contributed by atoms with Crippen LogP contribution in [0.1, 0.15) is 34.6 Å². The van der Waals surface area contributed by atoms with E-state index in [-0.39, 0.29) is 23.9 Å². The van der Waals surface area contributed by atoms with Gasteiger partial charge in [-0.1, -0.05) is 6.08 Å². The van der Waals surface area contributed by atoms with Gasteiger partial charge >= 0.3 is 0 Å². The number of amides is 2. The molecule has 0 spiro atoms. The molecule has 0 rings (SSSR count). The fourth-order valence-corrected chi connectivity index (χ4v) is 0.894. The number of rotatable bonds is 3. The Morgan fingerprint density at radius 2 is 1.80 bits per heavy atom. The van der Waals surface area contributed by atoms with Crippen molar-refractivity contribution in [2.45, 2.75) is 40.2 Å². The highest BCUT2D eigenvalue weighted by atomic mass is 16.2. The highest BCUT2D eigenvalue weighted by Gasteiger charge is 2.14. The molecule has 0 bridgehead atoms. The minimum Gasteiger partial charge on any atom is -0.350 e. The van der Waals surface area contributed by atoms with Crippen molar-refractivity contribution in [2.75, 3.05) is 6.54 Å². The third-order valence-corrected chi connectivity index (χ3v) is 1.72. The Balaban J connectivity index is 3.98. The first-order valence-electron chi connectivity index (χ1n) is 4.98. The number of nitrogens with one attached hydrogen (secondary N) is 2. The molecule has 2 amide bonds. The zero-order valence-electron chi connectivity index (χ0n) is 10.1. The lowest BCUT2D eigenvalue weighted by atomic mass is 10.1. The number of hydrogen-bond acceptors (Lipinski definition) is 2. The summed E-state index contributed by atoms with van der Waals surface area (Å²) >= 11 is 0. The van der Waals surface area contributed by atoms with Crippen molar-refractivity contribution in [2.24, 2.45) is 0 Å². The van der Waals surface area contributed by atoms with Crippen molar-refractivity contribution in [3.63, 3.8) is 0 Å². The van der Waals surface area contributed by atoms with Crippen LogP contribution in [0, 0.1) is 0 Å². The van der Waals surface area contributed by atoms with E-state index in [0.717, 1.165) is 0 Å². The lowest BCUT2D eigenvalue weighted by Crippen LogP contribution is -2.45. The Hall–Kier alpha value is -1.32. The zero-order valence-corrected chi connectivity index (χ0v) is 10.1. The van der Waals surface area contributed by atoms with Crippen molar-refractivity contribution in [3.8, 4) is 0 Å². The van der Waals surface area contributed by atoms with Crippen molar-refractivity contribution in [1.29, 1.82) is 0 Å². The maximum absolute atomic E-state index is 11.3. The molecule has 0 aliphatic heterocycles. The van der Waals surface area contributed by atoms with Gasteiger partial charge < -0.3 is 10.6 Å². The molecule has 0 aromatic rings. The number of carbonyl (C=O) groups is 2. The van der Waals surface area contributed by atoms with Crippen molar-refractivity contribution in [3.05, 3.63) is 11.6 Å². The highest BCUT2D eigenvalue weighted by Crippen LogP contribution is 1.97. The van der Waals surface area contributed by atoms with E-state index in [9.17, 15) is 9.59 Å². The lowest BCUT2D eigenvalue weighted by Gasteiger charge is -2.20. The van der Waals surface area contributed by atoms with E-state index in [2.05, 4.69) is 10.6 Å². The Bertz CT molecular complexity index is 275. The second kappa shape index (κ2) is 5.53. The molecule has 0 unspecified atom stereocenters. The summed E-state index contributed by atoms with van der Waals surface area (Å²) in [6.45, 7) is 9.18. The summed E-state index contributed by atoms with van der Waals surface area (Å²) in [4.78, 5) is 22.6. The van der Waals surface area contributed by atoms with Crippen LogP contribution >= 0.6 is 0 Å². The minimum atomic E-state index is -0.266. The first-order valence-corrected chi connectivity index (χ1v) is 4.98. The third kappa shape index (κ3) is 6.71. The van der Waals surface area contributed by atoms with E-state index in [1.54, 1.807) is 19.9 Å². The van der Waals surface area contributed by atoms with Gasteiger partial charge in [-0.3, -0.25) is 9.59 Å². The second-order valence-electron chi connectivity index (χ2n) is 4.45. The largest absolute Gasteiger partial charge is 0.350 e. The summed E-state index contributed by atoms with van der Waals surface area (Å²) in [5, 5.41) is 5.29. The van der Waals surface area contributed by atoms with E-state index in [4.69, 9.17) is 0 Å². The van der Waals surface area contributed by atoms with Crippen LogP contribution in [0.5, 0.6) is 0 Å². The van der Waals surface area contributed by atoms with Crippen LogP contribution < -0.4 is 10.6 Å². The molecule has 0 aliphatic rings. The van der Waals surface area contributed by atoms with E-state index in [1.165, 1.54) is 0 Å². The van der Waals surface area contributed by atoms with Gasteiger partial charge in [0.15, 0.2) is 0 Å². The molecule has 0 aromatic heterocycles. The lowest BCUT2D eigenvalue weighted by molar-refractivity contribution is -0.125. The molecule has 0 atom stereocenters. The molecule has 0 radical (unpaired) electrons. The molecule has 0 saturated heterocycles. The molecule has 2 N–H and O–H groups in total. The van der Waals surface area contributed by atoms with Gasteiger partial charge in [0, 0.05) is 11.1 Å². The smallest absolute Gasteiger partial charge is 0.247 e. The van der Waals surface area contributed by atoms with Gasteiger partial charge in [-0.2, -0.15) is 0 Å². The molecule has 0 aromatic carbocycles.